The van der Waals surface area contributed by atoms with Crippen LogP contribution < -0.4 is 4.90 Å². The minimum atomic E-state index is 0.607. The average Bonchev–Trinajstić information content (AvgIpc) is 3.73. The van der Waals surface area contributed by atoms with Gasteiger partial charge in [0, 0.05) is 39.5 Å². The van der Waals surface area contributed by atoms with Crippen LogP contribution in [0.4, 0.5) is 17.1 Å². The summed E-state index contributed by atoms with van der Waals surface area (Å²) in [6.07, 6.45) is 0. The van der Waals surface area contributed by atoms with Crippen LogP contribution in [0.15, 0.2) is 179 Å². The number of aromatic nitrogens is 1. The molecule has 0 radical (unpaired) electrons. The number of benzene rings is 7. The van der Waals surface area contributed by atoms with E-state index >= 15 is 0 Å². The van der Waals surface area contributed by atoms with Crippen molar-refractivity contribution in [3.05, 3.63) is 170 Å². The van der Waals surface area contributed by atoms with E-state index in [0.717, 1.165) is 66.8 Å². The highest BCUT2D eigenvalue weighted by Crippen LogP contribution is 2.39. The maximum absolute atomic E-state index is 6.26. The molecule has 0 aliphatic carbocycles. The molecule has 0 spiro atoms. The zero-order valence-corrected chi connectivity index (χ0v) is 25.4. The molecule has 7 aromatic carbocycles. The van der Waals surface area contributed by atoms with E-state index in [1.165, 1.54) is 11.1 Å². The van der Waals surface area contributed by atoms with Crippen molar-refractivity contribution in [3.63, 3.8) is 0 Å². The third-order valence-electron chi connectivity index (χ3n) is 8.71. The SMILES string of the molecule is c1ccc(-c2ccc(N(c3ccccc3)c3ccc(-c4ccc5oc6cc7nc(-c8ccccc8)oc7cc6c5c4)cc3)cc2)cc1. The maximum Gasteiger partial charge on any atom is 0.227 e. The normalized spacial score (nSPS) is 11.4. The first-order valence-electron chi connectivity index (χ1n) is 15.7. The first-order chi connectivity index (χ1) is 23.3. The van der Waals surface area contributed by atoms with Crippen molar-refractivity contribution >= 4 is 50.1 Å². The van der Waals surface area contributed by atoms with Crippen molar-refractivity contribution in [2.24, 2.45) is 0 Å². The van der Waals surface area contributed by atoms with Gasteiger partial charge in [0.25, 0.3) is 0 Å². The number of para-hydroxylation sites is 1. The van der Waals surface area contributed by atoms with Crippen LogP contribution in [-0.2, 0) is 0 Å². The minimum Gasteiger partial charge on any atom is -0.456 e. The van der Waals surface area contributed by atoms with Crippen molar-refractivity contribution in [1.82, 2.24) is 4.98 Å². The van der Waals surface area contributed by atoms with E-state index < -0.39 is 0 Å². The first kappa shape index (κ1) is 27.0. The third-order valence-corrected chi connectivity index (χ3v) is 8.71. The van der Waals surface area contributed by atoms with Gasteiger partial charge >= 0.3 is 0 Å². The fourth-order valence-corrected chi connectivity index (χ4v) is 6.34. The number of nitrogens with zero attached hydrogens (tertiary/aromatic N) is 2. The molecule has 0 saturated heterocycles. The van der Waals surface area contributed by atoms with E-state index in [9.17, 15) is 0 Å². The molecule has 0 unspecified atom stereocenters. The summed E-state index contributed by atoms with van der Waals surface area (Å²) in [6, 6.07) is 58.8. The van der Waals surface area contributed by atoms with Crippen molar-refractivity contribution < 1.29 is 8.83 Å². The van der Waals surface area contributed by atoms with E-state index in [0.29, 0.717) is 5.89 Å². The van der Waals surface area contributed by atoms with Gasteiger partial charge in [0.05, 0.1) is 0 Å². The molecule has 47 heavy (non-hydrogen) atoms. The molecule has 222 valence electrons. The Morgan fingerprint density at radius 3 is 1.53 bits per heavy atom. The van der Waals surface area contributed by atoms with Crippen LogP contribution >= 0.6 is 0 Å². The van der Waals surface area contributed by atoms with Gasteiger partial charge in [-0.1, -0.05) is 97.1 Å². The largest absolute Gasteiger partial charge is 0.456 e. The predicted octanol–water partition coefficient (Wildman–Crippen LogP) is 12.2. The number of fused-ring (bicyclic) bond motifs is 4. The monoisotopic (exact) mass is 604 g/mol. The minimum absolute atomic E-state index is 0.607. The van der Waals surface area contributed by atoms with E-state index in [1.54, 1.807) is 0 Å². The molecule has 9 rings (SSSR count). The Kier molecular flexibility index (Phi) is 6.43. The molecule has 0 saturated carbocycles. The van der Waals surface area contributed by atoms with Crippen LogP contribution in [0.2, 0.25) is 0 Å². The van der Waals surface area contributed by atoms with Gasteiger partial charge in [-0.25, -0.2) is 4.98 Å². The summed E-state index contributed by atoms with van der Waals surface area (Å²) in [7, 11) is 0. The summed E-state index contributed by atoms with van der Waals surface area (Å²) >= 11 is 0. The average molecular weight is 605 g/mol. The number of furan rings is 1. The van der Waals surface area contributed by atoms with E-state index in [4.69, 9.17) is 13.8 Å². The smallest absolute Gasteiger partial charge is 0.227 e. The van der Waals surface area contributed by atoms with Crippen LogP contribution in [-0.4, -0.2) is 4.98 Å². The van der Waals surface area contributed by atoms with Crippen LogP contribution in [0.5, 0.6) is 0 Å². The van der Waals surface area contributed by atoms with Gasteiger partial charge in [0.2, 0.25) is 5.89 Å². The molecule has 0 bridgehead atoms. The summed E-state index contributed by atoms with van der Waals surface area (Å²) in [6.45, 7) is 0. The molecule has 0 aliphatic heterocycles. The number of rotatable bonds is 6. The van der Waals surface area contributed by atoms with Gasteiger partial charge in [-0.15, -0.1) is 0 Å². The van der Waals surface area contributed by atoms with Gasteiger partial charge in [-0.2, -0.15) is 0 Å². The molecule has 0 N–H and O–H groups in total. The lowest BCUT2D eigenvalue weighted by Crippen LogP contribution is -2.09. The molecule has 2 heterocycles. The highest BCUT2D eigenvalue weighted by atomic mass is 16.4. The second-order valence-corrected chi connectivity index (χ2v) is 11.6. The molecular weight excluding hydrogens is 576 g/mol. The third kappa shape index (κ3) is 4.93. The zero-order valence-electron chi connectivity index (χ0n) is 25.4. The zero-order chi connectivity index (χ0) is 31.2. The first-order valence-corrected chi connectivity index (χ1v) is 15.7. The molecule has 0 fully saturated rings. The molecule has 0 amide bonds. The summed E-state index contributed by atoms with van der Waals surface area (Å²) < 4.78 is 12.4. The standard InChI is InChI=1S/C43H28N2O2/c1-4-10-29(11-5-1)30-16-21-35(22-17-30)45(34-14-8-3-9-15-34)36-23-18-31(19-24-36)33-20-25-40-37(26-33)38-27-42-39(28-41(38)46-40)44-43(47-42)32-12-6-2-7-13-32/h1-28H. The fraction of sp³-hybridized carbons (Fsp3) is 0. The van der Waals surface area contributed by atoms with Gasteiger partial charge in [0.15, 0.2) is 5.58 Å². The topological polar surface area (TPSA) is 42.4 Å². The Balaban J connectivity index is 1.07. The second kappa shape index (κ2) is 11.2. The summed E-state index contributed by atoms with van der Waals surface area (Å²) in [4.78, 5) is 7.01. The molecule has 4 nitrogen and oxygen atoms in total. The Morgan fingerprint density at radius 2 is 0.872 bits per heavy atom. The predicted molar refractivity (Wildman–Crippen MR) is 192 cm³/mol. The van der Waals surface area contributed by atoms with Gasteiger partial charge in [-0.3, -0.25) is 0 Å². The second-order valence-electron chi connectivity index (χ2n) is 11.6. The van der Waals surface area contributed by atoms with Crippen molar-refractivity contribution in [3.8, 4) is 33.7 Å². The van der Waals surface area contributed by atoms with E-state index in [1.807, 2.05) is 54.6 Å². The van der Waals surface area contributed by atoms with Crippen molar-refractivity contribution in [2.75, 3.05) is 4.90 Å². The summed E-state index contributed by atoms with van der Waals surface area (Å²) in [5, 5.41) is 2.06. The van der Waals surface area contributed by atoms with Crippen molar-refractivity contribution in [2.45, 2.75) is 0 Å². The number of anilines is 3. The maximum atomic E-state index is 6.26. The molecule has 9 aromatic rings. The van der Waals surface area contributed by atoms with Crippen molar-refractivity contribution in [1.29, 1.82) is 0 Å². The number of hydrogen-bond donors (Lipinski definition) is 0. The van der Waals surface area contributed by atoms with Crippen LogP contribution in [0.25, 0.3) is 66.7 Å². The lowest BCUT2D eigenvalue weighted by molar-refractivity contribution is 0.620. The van der Waals surface area contributed by atoms with E-state index in [-0.39, 0.29) is 0 Å². The summed E-state index contributed by atoms with van der Waals surface area (Å²) in [5.41, 5.74) is 12.1. The van der Waals surface area contributed by atoms with Gasteiger partial charge in [0.1, 0.15) is 16.7 Å². The van der Waals surface area contributed by atoms with Gasteiger partial charge < -0.3 is 13.7 Å². The Hall–Kier alpha value is -6.39. The molecule has 4 heteroatoms. The molecular formula is C43H28N2O2. The van der Waals surface area contributed by atoms with E-state index in [2.05, 4.69) is 120 Å². The highest BCUT2D eigenvalue weighted by Gasteiger charge is 2.16. The number of hydrogen-bond acceptors (Lipinski definition) is 4. The highest BCUT2D eigenvalue weighted by molar-refractivity contribution is 6.10. The Morgan fingerprint density at radius 1 is 0.362 bits per heavy atom. The summed E-state index contributed by atoms with van der Waals surface area (Å²) in [5.74, 6) is 0.607. The Bertz CT molecular complexity index is 2480. The van der Waals surface area contributed by atoms with Gasteiger partial charge in [-0.05, 0) is 89.0 Å². The van der Waals surface area contributed by atoms with Crippen LogP contribution in [0, 0.1) is 0 Å². The van der Waals surface area contributed by atoms with Crippen LogP contribution in [0.1, 0.15) is 0 Å². The van der Waals surface area contributed by atoms with Crippen LogP contribution in [0.3, 0.4) is 0 Å². The Labute approximate surface area is 271 Å². The lowest BCUT2D eigenvalue weighted by Gasteiger charge is -2.26. The number of oxazole rings is 1. The lowest BCUT2D eigenvalue weighted by atomic mass is 10.0. The molecule has 2 aromatic heterocycles. The molecule has 0 atom stereocenters. The fourth-order valence-electron chi connectivity index (χ4n) is 6.34. The molecule has 0 aliphatic rings. The quantitative estimate of drug-likeness (QED) is 0.189.